The number of carbonyl (C=O) groups is 6. The standard InChI is InChI=1S/C67H105NO27S2/c1-43(2)38-48(68-62(76)95-63(5,6)7)55(72)61(75)91-50-41-67(77)59(93-60(74)47-39-46(78-11)14-15-49(47)79-12)57-65(10,51(70)40-52-66(57,42-90-52)94-45(4)69)58(73)56(54(44(50)3)64(67,8)9)92-53(71)16-17-80-18-19-81-20-21-82-22-23-83-24-25-84-26-27-85-28-29-86-30-31-87-32-33-88-34-35-89-36-37-97-96-13/h14-15,38-39,48,50-52,55-57,59,70,72,77H,16-37,40-42H2,1-13H3,(H,68,76)/t48-,50-,51-,52+,55+,56+,57-,59-,65+,66-,67+/m0/s1. The highest BCUT2D eigenvalue weighted by atomic mass is 33.1. The van der Waals surface area contributed by atoms with Crippen LogP contribution in [0.5, 0.6) is 11.5 Å². The quantitative estimate of drug-likeness (QED) is 0.0220. The Labute approximate surface area is 577 Å². The molecule has 1 amide bonds. The third-order valence-corrected chi connectivity index (χ3v) is 18.8. The van der Waals surface area contributed by atoms with Gasteiger partial charge in [0.05, 0.1) is 183 Å². The summed E-state index contributed by atoms with van der Waals surface area (Å²) in [5.41, 5.74) is -9.09. The SMILES string of the molecule is COc1ccc(OC)c(C(=O)O[C@H]2[C@@H]3[C@]4(OC(C)=O)CO[C@@H]4C[C@H](O)[C@@]3(C)C(=O)[C@H](OC(=O)CCOCCOCCOCCOCCOCCOCCOCCOCCOCCOCCSSC)C3=C(C)[C@@H](OC(=O)[C@H](O)[C@H](C=C(C)C)NC(=O)OC(C)(C)C)C[C@]2(O)C3(C)C)c1. The van der Waals surface area contributed by atoms with Crippen LogP contribution in [0.2, 0.25) is 0 Å². The van der Waals surface area contributed by atoms with E-state index in [0.717, 1.165) is 19.3 Å². The minimum atomic E-state index is -2.56. The van der Waals surface area contributed by atoms with Gasteiger partial charge in [-0.25, -0.2) is 14.4 Å². The van der Waals surface area contributed by atoms with Crippen LogP contribution in [0.1, 0.15) is 98.9 Å². The summed E-state index contributed by atoms with van der Waals surface area (Å²) < 4.78 is 103. The lowest BCUT2D eigenvalue weighted by molar-refractivity contribution is -0.346. The Kier molecular flexibility index (Phi) is 34.7. The normalized spacial score (nSPS) is 24.8. The molecule has 28 nitrogen and oxygen atoms in total. The van der Waals surface area contributed by atoms with E-state index in [-0.39, 0.29) is 67.7 Å². The monoisotopic (exact) mass is 1420 g/mol. The molecule has 30 heteroatoms. The number of allylic oxidation sites excluding steroid dienone is 1. The van der Waals surface area contributed by atoms with Crippen molar-refractivity contribution in [2.75, 3.05) is 165 Å². The van der Waals surface area contributed by atoms with Gasteiger partial charge in [-0.1, -0.05) is 47.1 Å². The number of amides is 1. The molecule has 1 heterocycles. The number of nitrogens with one attached hydrogen (secondary N) is 1. The van der Waals surface area contributed by atoms with Gasteiger partial charge >= 0.3 is 30.0 Å². The molecule has 552 valence electrons. The molecule has 3 fully saturated rings. The molecular formula is C67H105NO27S2. The van der Waals surface area contributed by atoms with Crippen molar-refractivity contribution in [2.45, 2.75) is 148 Å². The molecule has 1 aliphatic heterocycles. The van der Waals surface area contributed by atoms with Gasteiger partial charge in [0.15, 0.2) is 23.6 Å². The van der Waals surface area contributed by atoms with Crippen LogP contribution in [0.15, 0.2) is 41.0 Å². The molecule has 97 heavy (non-hydrogen) atoms. The van der Waals surface area contributed by atoms with Crippen molar-refractivity contribution in [1.82, 2.24) is 5.32 Å². The van der Waals surface area contributed by atoms with Gasteiger partial charge in [-0.3, -0.25) is 14.4 Å². The maximum Gasteiger partial charge on any atom is 0.408 e. The van der Waals surface area contributed by atoms with Gasteiger partial charge in [-0.2, -0.15) is 0 Å². The second-order valence-corrected chi connectivity index (χ2v) is 28.2. The smallest absolute Gasteiger partial charge is 0.408 e. The van der Waals surface area contributed by atoms with Gasteiger partial charge in [-0.15, -0.1) is 0 Å². The van der Waals surface area contributed by atoms with Crippen molar-refractivity contribution >= 4 is 57.3 Å². The third kappa shape index (κ3) is 23.7. The minimum Gasteiger partial charge on any atom is -0.497 e. The van der Waals surface area contributed by atoms with E-state index in [1.165, 1.54) is 66.2 Å². The lowest BCUT2D eigenvalue weighted by Crippen LogP contribution is -2.82. The van der Waals surface area contributed by atoms with E-state index in [2.05, 4.69) is 5.32 Å². The van der Waals surface area contributed by atoms with E-state index in [1.54, 1.807) is 56.2 Å². The number of hydrogen-bond donors (Lipinski definition) is 4. The van der Waals surface area contributed by atoms with Crippen LogP contribution in [0.4, 0.5) is 4.79 Å². The highest BCUT2D eigenvalue weighted by Crippen LogP contribution is 2.64. The second-order valence-electron chi connectivity index (χ2n) is 25.5. The van der Waals surface area contributed by atoms with Crippen LogP contribution >= 0.6 is 21.6 Å². The predicted octanol–water partition coefficient (Wildman–Crippen LogP) is 4.99. The first-order valence-electron chi connectivity index (χ1n) is 32.7. The minimum absolute atomic E-state index is 0.0184. The number of aliphatic hydroxyl groups is 3. The Morgan fingerprint density at radius 2 is 1.24 bits per heavy atom. The summed E-state index contributed by atoms with van der Waals surface area (Å²) in [5.74, 6) is -5.69. The number of rotatable bonds is 45. The zero-order chi connectivity index (χ0) is 71.4. The largest absolute Gasteiger partial charge is 0.497 e. The molecular weight excluding hydrogens is 1310 g/mol. The number of fused-ring (bicyclic) bond motifs is 5. The van der Waals surface area contributed by atoms with Gasteiger partial charge in [0.2, 0.25) is 0 Å². The van der Waals surface area contributed by atoms with Crippen molar-refractivity contribution < 1.29 is 129 Å². The first kappa shape index (κ1) is 82.9. The van der Waals surface area contributed by atoms with Crippen LogP contribution < -0.4 is 14.8 Å². The molecule has 2 saturated carbocycles. The number of benzene rings is 1. The molecule has 4 N–H and O–H groups in total. The second kappa shape index (κ2) is 40.6. The molecule has 3 aliphatic carbocycles. The van der Waals surface area contributed by atoms with Crippen LogP contribution in [0.25, 0.3) is 0 Å². The van der Waals surface area contributed by atoms with E-state index in [0.29, 0.717) is 98.1 Å². The van der Waals surface area contributed by atoms with E-state index in [4.69, 9.17) is 85.3 Å². The third-order valence-electron chi connectivity index (χ3n) is 17.0. The number of methoxy groups -OCH3 is 2. The number of hydrogen-bond acceptors (Lipinski definition) is 29. The van der Waals surface area contributed by atoms with Crippen LogP contribution in [-0.4, -0.2) is 276 Å². The average Bonchev–Trinajstić information content (AvgIpc) is 0.670. The fourth-order valence-electron chi connectivity index (χ4n) is 12.2. The summed E-state index contributed by atoms with van der Waals surface area (Å²) in [6.07, 6.45) is -9.40. The lowest BCUT2D eigenvalue weighted by Gasteiger charge is -2.67. The van der Waals surface area contributed by atoms with Crippen molar-refractivity contribution in [3.8, 4) is 11.5 Å². The van der Waals surface area contributed by atoms with Gasteiger partial charge < -0.3 is 106 Å². The molecule has 0 aromatic heterocycles. The zero-order valence-electron chi connectivity index (χ0n) is 58.6. The summed E-state index contributed by atoms with van der Waals surface area (Å²) >= 11 is 0. The average molecular weight is 1420 g/mol. The number of esters is 4. The Hall–Kier alpha value is -4.74. The van der Waals surface area contributed by atoms with Gasteiger partial charge in [0.1, 0.15) is 46.6 Å². The van der Waals surface area contributed by atoms with E-state index >= 15 is 9.59 Å². The highest BCUT2D eigenvalue weighted by Gasteiger charge is 2.78. The molecule has 5 rings (SSSR count). The molecule has 4 aliphatic rings. The first-order chi connectivity index (χ1) is 46.1. The molecule has 0 unspecified atom stereocenters. The summed E-state index contributed by atoms with van der Waals surface area (Å²) in [4.78, 5) is 86.4. The Bertz CT molecular complexity index is 2720. The van der Waals surface area contributed by atoms with Crippen molar-refractivity contribution in [3.63, 3.8) is 0 Å². The maximum atomic E-state index is 16.2. The van der Waals surface area contributed by atoms with Gasteiger partial charge in [0.25, 0.3) is 0 Å². The van der Waals surface area contributed by atoms with E-state index < -0.39 is 131 Å². The Balaban J connectivity index is 1.20. The number of alkyl carbamates (subject to hydrolysis) is 1. The maximum absolute atomic E-state index is 16.2. The summed E-state index contributed by atoms with van der Waals surface area (Å²) in [5, 5.41) is 40.8. The number of ether oxygens (including phenoxy) is 18. The fourth-order valence-corrected chi connectivity index (χ4v) is 13.3. The highest BCUT2D eigenvalue weighted by molar-refractivity contribution is 8.76. The van der Waals surface area contributed by atoms with Gasteiger partial charge in [0, 0.05) is 30.9 Å². The van der Waals surface area contributed by atoms with Crippen molar-refractivity contribution in [1.29, 1.82) is 0 Å². The molecule has 0 radical (unpaired) electrons. The molecule has 2 bridgehead atoms. The lowest BCUT2D eigenvalue weighted by atomic mass is 9.44. The summed E-state index contributed by atoms with van der Waals surface area (Å²) in [7, 11) is 6.18. The van der Waals surface area contributed by atoms with Crippen LogP contribution in [0.3, 0.4) is 0 Å². The van der Waals surface area contributed by atoms with E-state index in [9.17, 15) is 34.5 Å². The zero-order valence-corrected chi connectivity index (χ0v) is 60.2. The topological polar surface area (TPSA) is 341 Å². The fraction of sp³-hybridized carbons (Fsp3) is 0.761. The molecule has 0 spiro atoms. The molecule has 11 atom stereocenters. The van der Waals surface area contributed by atoms with Crippen LogP contribution in [0, 0.1) is 16.7 Å². The number of aliphatic hydroxyl groups excluding tert-OH is 2. The summed E-state index contributed by atoms with van der Waals surface area (Å²) in [6.45, 7) is 22.2. The van der Waals surface area contributed by atoms with E-state index in [1.807, 2.05) is 6.26 Å². The van der Waals surface area contributed by atoms with Gasteiger partial charge in [-0.05, 0) is 84.1 Å². The molecule has 1 saturated heterocycles. The summed E-state index contributed by atoms with van der Waals surface area (Å²) in [6, 6.07) is 2.89. The Morgan fingerprint density at radius 1 is 0.732 bits per heavy atom. The molecule has 1 aromatic rings. The number of ketones is 1. The van der Waals surface area contributed by atoms with Crippen LogP contribution in [-0.2, 0) is 95.0 Å². The van der Waals surface area contributed by atoms with Crippen molar-refractivity contribution in [2.24, 2.45) is 16.7 Å². The van der Waals surface area contributed by atoms with Crippen molar-refractivity contribution in [3.05, 3.63) is 46.6 Å². The molecule has 1 aromatic carbocycles. The first-order valence-corrected chi connectivity index (χ1v) is 35.4. The predicted molar refractivity (Wildman–Crippen MR) is 353 cm³/mol. The number of Topliss-reactive ketones (excluding diaryl/α,β-unsaturated/α-hetero) is 1. The Morgan fingerprint density at radius 3 is 1.68 bits per heavy atom. The number of carbonyl (C=O) groups excluding carboxylic acids is 6.